The third-order valence-electron chi connectivity index (χ3n) is 2.79. The first kappa shape index (κ1) is 11.5. The molecule has 0 fully saturated rings. The van der Waals surface area contributed by atoms with Crippen LogP contribution in [0.3, 0.4) is 0 Å². The molecule has 0 amide bonds. The number of ketones is 1. The van der Waals surface area contributed by atoms with Crippen LogP contribution in [0.4, 0.5) is 0 Å². The Morgan fingerprint density at radius 3 is 2.24 bits per heavy atom. The fourth-order valence-corrected chi connectivity index (χ4v) is 1.68. The molecule has 0 saturated carbocycles. The summed E-state index contributed by atoms with van der Waals surface area (Å²) in [6.07, 6.45) is 4.37. The van der Waals surface area contributed by atoms with Crippen molar-refractivity contribution in [3.05, 3.63) is 65.5 Å². The Labute approximate surface area is 102 Å². The molecule has 2 heteroatoms. The maximum Gasteiger partial charge on any atom is 0.168 e. The van der Waals surface area contributed by atoms with Gasteiger partial charge in [-0.25, -0.2) is 4.57 Å². The van der Waals surface area contributed by atoms with Gasteiger partial charge in [0.25, 0.3) is 0 Å². The highest BCUT2D eigenvalue weighted by Crippen LogP contribution is 2.08. The van der Waals surface area contributed by atoms with E-state index in [1.54, 1.807) is 0 Å². The minimum absolute atomic E-state index is 0.166. The van der Waals surface area contributed by atoms with Gasteiger partial charge in [0.05, 0.1) is 0 Å². The van der Waals surface area contributed by atoms with E-state index in [0.717, 1.165) is 11.1 Å². The van der Waals surface area contributed by atoms with Crippen molar-refractivity contribution in [2.24, 2.45) is 7.05 Å². The average Bonchev–Trinajstić information content (AvgIpc) is 2.33. The van der Waals surface area contributed by atoms with Crippen molar-refractivity contribution in [1.29, 1.82) is 0 Å². The van der Waals surface area contributed by atoms with Crippen LogP contribution in [0.15, 0.2) is 48.8 Å². The van der Waals surface area contributed by atoms with Gasteiger partial charge >= 0.3 is 0 Å². The van der Waals surface area contributed by atoms with Crippen LogP contribution in [0.25, 0.3) is 0 Å². The summed E-state index contributed by atoms with van der Waals surface area (Å²) in [6.45, 7) is 2.02. The van der Waals surface area contributed by atoms with Crippen LogP contribution in [0.2, 0.25) is 0 Å². The van der Waals surface area contributed by atoms with E-state index >= 15 is 0 Å². The summed E-state index contributed by atoms with van der Waals surface area (Å²) in [4.78, 5) is 12.0. The second-order valence-corrected chi connectivity index (χ2v) is 4.34. The molecule has 1 aromatic carbocycles. The molecule has 0 spiro atoms. The van der Waals surface area contributed by atoms with Gasteiger partial charge in [-0.3, -0.25) is 4.79 Å². The molecule has 0 saturated heterocycles. The zero-order valence-electron chi connectivity index (χ0n) is 10.2. The summed E-state index contributed by atoms with van der Waals surface area (Å²) >= 11 is 0. The molecule has 1 heterocycles. The molecule has 0 unspecified atom stereocenters. The number of aromatic nitrogens is 1. The number of benzene rings is 1. The highest BCUT2D eigenvalue weighted by atomic mass is 16.1. The second kappa shape index (κ2) is 4.91. The summed E-state index contributed by atoms with van der Waals surface area (Å²) in [5.74, 6) is 0.166. The van der Waals surface area contributed by atoms with Crippen LogP contribution in [0, 0.1) is 6.92 Å². The smallest absolute Gasteiger partial charge is 0.168 e. The SMILES string of the molecule is Cc1ccc(C(=O)Cc2cc[n+](C)cc2)cc1. The van der Waals surface area contributed by atoms with E-state index in [1.165, 1.54) is 5.56 Å². The van der Waals surface area contributed by atoms with E-state index in [0.29, 0.717) is 6.42 Å². The van der Waals surface area contributed by atoms with Crippen molar-refractivity contribution in [2.45, 2.75) is 13.3 Å². The van der Waals surface area contributed by atoms with Crippen molar-refractivity contribution in [3.63, 3.8) is 0 Å². The van der Waals surface area contributed by atoms with Gasteiger partial charge in [-0.2, -0.15) is 0 Å². The maximum atomic E-state index is 12.0. The predicted molar refractivity (Wildman–Crippen MR) is 66.8 cm³/mol. The number of pyridine rings is 1. The highest BCUT2D eigenvalue weighted by molar-refractivity contribution is 5.97. The number of hydrogen-bond donors (Lipinski definition) is 0. The second-order valence-electron chi connectivity index (χ2n) is 4.34. The molecule has 0 aliphatic carbocycles. The summed E-state index contributed by atoms with van der Waals surface area (Å²) in [7, 11) is 1.96. The topological polar surface area (TPSA) is 20.9 Å². The minimum Gasteiger partial charge on any atom is -0.294 e. The lowest BCUT2D eigenvalue weighted by Crippen LogP contribution is -2.26. The van der Waals surface area contributed by atoms with Crippen molar-refractivity contribution in [2.75, 3.05) is 0 Å². The van der Waals surface area contributed by atoms with Crippen molar-refractivity contribution in [1.82, 2.24) is 0 Å². The molecule has 2 nitrogen and oxygen atoms in total. The third kappa shape index (κ3) is 3.00. The summed E-state index contributed by atoms with van der Waals surface area (Å²) < 4.78 is 1.96. The highest BCUT2D eigenvalue weighted by Gasteiger charge is 2.07. The van der Waals surface area contributed by atoms with E-state index in [4.69, 9.17) is 0 Å². The molecule has 0 N–H and O–H groups in total. The maximum absolute atomic E-state index is 12.0. The Morgan fingerprint density at radius 2 is 1.65 bits per heavy atom. The predicted octanol–water partition coefficient (Wildman–Crippen LogP) is 2.24. The van der Waals surface area contributed by atoms with Gasteiger partial charge in [0.1, 0.15) is 7.05 Å². The molecule has 0 aliphatic heterocycles. The van der Waals surface area contributed by atoms with Crippen molar-refractivity contribution >= 4 is 5.78 Å². The van der Waals surface area contributed by atoms with Crippen LogP contribution in [-0.2, 0) is 13.5 Å². The molecule has 0 radical (unpaired) electrons. The van der Waals surface area contributed by atoms with E-state index < -0.39 is 0 Å². The molecule has 2 aromatic rings. The number of hydrogen-bond acceptors (Lipinski definition) is 1. The first-order valence-electron chi connectivity index (χ1n) is 5.69. The lowest BCUT2D eigenvalue weighted by Gasteiger charge is -2.01. The summed E-state index contributed by atoms with van der Waals surface area (Å²) in [5.41, 5.74) is 3.01. The monoisotopic (exact) mass is 226 g/mol. The Bertz CT molecular complexity index is 512. The number of nitrogens with zero attached hydrogens (tertiary/aromatic N) is 1. The summed E-state index contributed by atoms with van der Waals surface area (Å²) in [5, 5.41) is 0. The van der Waals surface area contributed by atoms with Gasteiger partial charge in [0, 0.05) is 24.1 Å². The third-order valence-corrected chi connectivity index (χ3v) is 2.79. The van der Waals surface area contributed by atoms with E-state index in [9.17, 15) is 4.79 Å². The van der Waals surface area contributed by atoms with Crippen LogP contribution in [0.5, 0.6) is 0 Å². The average molecular weight is 226 g/mol. The molecule has 0 atom stereocenters. The molecular formula is C15H16NO+. The van der Waals surface area contributed by atoms with Gasteiger partial charge in [0.2, 0.25) is 0 Å². The Balaban J connectivity index is 2.11. The first-order chi connectivity index (χ1) is 8.15. The summed E-state index contributed by atoms with van der Waals surface area (Å²) in [6, 6.07) is 11.7. The van der Waals surface area contributed by atoms with Crippen molar-refractivity contribution in [3.8, 4) is 0 Å². The van der Waals surface area contributed by atoms with Gasteiger partial charge in [0.15, 0.2) is 18.2 Å². The molecule has 0 bridgehead atoms. The zero-order chi connectivity index (χ0) is 12.3. The largest absolute Gasteiger partial charge is 0.294 e. The van der Waals surface area contributed by atoms with E-state index in [2.05, 4.69) is 0 Å². The van der Waals surface area contributed by atoms with Crippen LogP contribution in [-0.4, -0.2) is 5.78 Å². The quantitative estimate of drug-likeness (QED) is 0.581. The Hall–Kier alpha value is -1.96. The Morgan fingerprint density at radius 1 is 1.06 bits per heavy atom. The van der Waals surface area contributed by atoms with Crippen molar-refractivity contribution < 1.29 is 9.36 Å². The molecule has 2 rings (SSSR count). The van der Waals surface area contributed by atoms with Crippen LogP contribution in [0.1, 0.15) is 21.5 Å². The fraction of sp³-hybridized carbons (Fsp3) is 0.200. The van der Waals surface area contributed by atoms with Gasteiger partial charge in [-0.1, -0.05) is 29.8 Å². The number of aryl methyl sites for hydroxylation is 2. The molecular weight excluding hydrogens is 210 g/mol. The number of carbonyl (C=O) groups is 1. The lowest BCUT2D eigenvalue weighted by atomic mass is 10.0. The molecule has 86 valence electrons. The van der Waals surface area contributed by atoms with Gasteiger partial charge in [-0.05, 0) is 12.5 Å². The van der Waals surface area contributed by atoms with E-state index in [-0.39, 0.29) is 5.78 Å². The van der Waals surface area contributed by atoms with Crippen LogP contribution < -0.4 is 4.57 Å². The standard InChI is InChI=1S/C15H16NO/c1-12-3-5-14(6-4-12)15(17)11-13-7-9-16(2)10-8-13/h3-10H,11H2,1-2H3/q+1. The molecule has 0 aliphatic rings. The van der Waals surface area contributed by atoms with Gasteiger partial charge in [-0.15, -0.1) is 0 Å². The minimum atomic E-state index is 0.166. The number of Topliss-reactive ketones (excluding diaryl/α,β-unsaturated/α-hetero) is 1. The number of carbonyl (C=O) groups excluding carboxylic acids is 1. The number of rotatable bonds is 3. The van der Waals surface area contributed by atoms with Gasteiger partial charge < -0.3 is 0 Å². The first-order valence-corrected chi connectivity index (χ1v) is 5.69. The zero-order valence-corrected chi connectivity index (χ0v) is 10.2. The van der Waals surface area contributed by atoms with E-state index in [1.807, 2.05) is 67.3 Å². The molecule has 1 aromatic heterocycles. The molecule has 17 heavy (non-hydrogen) atoms. The fourth-order valence-electron chi connectivity index (χ4n) is 1.68. The lowest BCUT2D eigenvalue weighted by molar-refractivity contribution is -0.671. The van der Waals surface area contributed by atoms with Crippen LogP contribution >= 0.6 is 0 Å². The Kier molecular flexibility index (Phi) is 3.33. The normalized spacial score (nSPS) is 10.2.